The highest BCUT2D eigenvalue weighted by Gasteiger charge is 2.32. The Morgan fingerprint density at radius 2 is 1.76 bits per heavy atom. The zero-order chi connectivity index (χ0) is 27.1. The highest BCUT2D eigenvalue weighted by molar-refractivity contribution is 6.41. The van der Waals surface area contributed by atoms with Crippen molar-refractivity contribution in [2.75, 3.05) is 24.5 Å². The molecule has 37 heavy (non-hydrogen) atoms. The van der Waals surface area contributed by atoms with E-state index in [0.717, 1.165) is 29.7 Å². The SMILES string of the molecule is CCc1cccc(CC)c1-n1c(=O)nc(N2CCN(C(=O)OC(C)(C)C)C[C@@H]2C)c2cc(Cl)c(Cl)nc21. The lowest BCUT2D eigenvalue weighted by Crippen LogP contribution is -2.55. The molecule has 10 heteroatoms. The first-order chi connectivity index (χ1) is 17.4. The average Bonchev–Trinajstić information content (AvgIpc) is 2.83. The summed E-state index contributed by atoms with van der Waals surface area (Å²) >= 11 is 12.8. The minimum Gasteiger partial charge on any atom is -0.444 e. The number of nitrogens with zero attached hydrogens (tertiary/aromatic N) is 5. The van der Waals surface area contributed by atoms with Crippen molar-refractivity contribution in [3.63, 3.8) is 0 Å². The van der Waals surface area contributed by atoms with E-state index in [0.29, 0.717) is 36.5 Å². The number of hydrogen-bond acceptors (Lipinski definition) is 6. The molecule has 1 amide bonds. The minimum absolute atomic E-state index is 0.120. The molecule has 1 aliphatic heterocycles. The van der Waals surface area contributed by atoms with E-state index in [4.69, 9.17) is 27.9 Å². The second-order valence-corrected chi connectivity index (χ2v) is 11.1. The van der Waals surface area contributed by atoms with E-state index in [1.807, 2.05) is 50.8 Å². The summed E-state index contributed by atoms with van der Waals surface area (Å²) in [6, 6.07) is 7.61. The molecule has 1 saturated heterocycles. The van der Waals surface area contributed by atoms with Crippen molar-refractivity contribution in [2.24, 2.45) is 0 Å². The first-order valence-corrected chi connectivity index (χ1v) is 13.3. The monoisotopic (exact) mass is 545 g/mol. The number of hydrogen-bond donors (Lipinski definition) is 0. The maximum absolute atomic E-state index is 13.7. The van der Waals surface area contributed by atoms with Crippen LogP contribution < -0.4 is 10.6 Å². The maximum Gasteiger partial charge on any atom is 0.410 e. The van der Waals surface area contributed by atoms with Crippen LogP contribution in [0.15, 0.2) is 29.1 Å². The lowest BCUT2D eigenvalue weighted by molar-refractivity contribution is 0.0218. The van der Waals surface area contributed by atoms with E-state index in [-0.39, 0.29) is 22.3 Å². The molecule has 1 atom stereocenters. The molecule has 4 rings (SSSR count). The third-order valence-electron chi connectivity index (χ3n) is 6.50. The molecule has 1 aliphatic rings. The largest absolute Gasteiger partial charge is 0.444 e. The number of benzene rings is 1. The number of fused-ring (bicyclic) bond motifs is 1. The van der Waals surface area contributed by atoms with Crippen LogP contribution in [-0.2, 0) is 17.6 Å². The summed E-state index contributed by atoms with van der Waals surface area (Å²) in [5, 5.41) is 1.02. The van der Waals surface area contributed by atoms with E-state index in [1.165, 1.54) is 0 Å². The number of amides is 1. The number of pyridine rings is 1. The number of aryl methyl sites for hydroxylation is 2. The van der Waals surface area contributed by atoms with Crippen molar-refractivity contribution in [1.82, 2.24) is 19.4 Å². The Bertz CT molecular complexity index is 1380. The first-order valence-electron chi connectivity index (χ1n) is 12.6. The Hall–Kier alpha value is -2.84. The van der Waals surface area contributed by atoms with Crippen molar-refractivity contribution < 1.29 is 9.53 Å². The molecule has 0 aliphatic carbocycles. The summed E-state index contributed by atoms with van der Waals surface area (Å²) in [6.45, 7) is 13.0. The number of halogens is 2. The van der Waals surface area contributed by atoms with Gasteiger partial charge in [-0.3, -0.25) is 0 Å². The Labute approximate surface area is 227 Å². The second-order valence-electron chi connectivity index (χ2n) is 10.3. The molecule has 1 fully saturated rings. The quantitative estimate of drug-likeness (QED) is 0.393. The van der Waals surface area contributed by atoms with Gasteiger partial charge in [-0.25, -0.2) is 19.1 Å². The van der Waals surface area contributed by atoms with Crippen LogP contribution in [0.5, 0.6) is 0 Å². The summed E-state index contributed by atoms with van der Waals surface area (Å²) in [5.41, 5.74) is 2.21. The third kappa shape index (κ3) is 5.41. The topological polar surface area (TPSA) is 80.6 Å². The van der Waals surface area contributed by atoms with E-state index >= 15 is 0 Å². The second kappa shape index (κ2) is 10.5. The number of aromatic nitrogens is 3. The molecule has 0 N–H and O–H groups in total. The summed E-state index contributed by atoms with van der Waals surface area (Å²) in [4.78, 5) is 39.2. The number of para-hydroxylation sites is 1. The molecule has 2 aromatic heterocycles. The Morgan fingerprint density at radius 1 is 1.11 bits per heavy atom. The highest BCUT2D eigenvalue weighted by Crippen LogP contribution is 2.33. The Morgan fingerprint density at radius 3 is 2.32 bits per heavy atom. The molecule has 0 bridgehead atoms. The number of piperazine rings is 1. The van der Waals surface area contributed by atoms with Gasteiger partial charge in [-0.15, -0.1) is 0 Å². The van der Waals surface area contributed by atoms with Gasteiger partial charge in [0.15, 0.2) is 5.65 Å². The highest BCUT2D eigenvalue weighted by atomic mass is 35.5. The number of anilines is 1. The van der Waals surface area contributed by atoms with E-state index in [2.05, 4.69) is 23.8 Å². The van der Waals surface area contributed by atoms with Crippen LogP contribution in [0.3, 0.4) is 0 Å². The van der Waals surface area contributed by atoms with Gasteiger partial charge in [0.25, 0.3) is 0 Å². The van der Waals surface area contributed by atoms with Gasteiger partial charge in [0, 0.05) is 25.7 Å². The zero-order valence-electron chi connectivity index (χ0n) is 22.1. The van der Waals surface area contributed by atoms with Crippen LogP contribution in [0.25, 0.3) is 16.7 Å². The number of carbonyl (C=O) groups excluding carboxylic acids is 1. The lowest BCUT2D eigenvalue weighted by atomic mass is 10.0. The van der Waals surface area contributed by atoms with Crippen molar-refractivity contribution in [2.45, 2.75) is 66.0 Å². The number of ether oxygens (including phenoxy) is 1. The predicted octanol–water partition coefficient (Wildman–Crippen LogP) is 5.66. The average molecular weight is 546 g/mol. The van der Waals surface area contributed by atoms with Crippen LogP contribution in [0.4, 0.5) is 10.6 Å². The van der Waals surface area contributed by atoms with Crippen molar-refractivity contribution in [3.05, 3.63) is 56.1 Å². The fourth-order valence-electron chi connectivity index (χ4n) is 4.77. The molecule has 0 unspecified atom stereocenters. The molecular weight excluding hydrogens is 513 g/mol. The Balaban J connectivity index is 1.84. The van der Waals surface area contributed by atoms with Gasteiger partial charge < -0.3 is 14.5 Å². The fourth-order valence-corrected chi connectivity index (χ4v) is 5.06. The van der Waals surface area contributed by atoms with Gasteiger partial charge in [-0.1, -0.05) is 55.2 Å². The van der Waals surface area contributed by atoms with Crippen LogP contribution in [0.1, 0.15) is 52.7 Å². The minimum atomic E-state index is -0.576. The lowest BCUT2D eigenvalue weighted by Gasteiger charge is -2.41. The molecule has 0 saturated carbocycles. The summed E-state index contributed by atoms with van der Waals surface area (Å²) in [7, 11) is 0. The number of rotatable bonds is 4. The third-order valence-corrected chi connectivity index (χ3v) is 7.17. The van der Waals surface area contributed by atoms with E-state index < -0.39 is 11.3 Å². The Kier molecular flexibility index (Phi) is 7.72. The maximum atomic E-state index is 13.7. The van der Waals surface area contributed by atoms with Crippen molar-refractivity contribution in [1.29, 1.82) is 0 Å². The first kappa shape index (κ1) is 27.2. The van der Waals surface area contributed by atoms with Gasteiger partial charge in [-0.2, -0.15) is 4.98 Å². The van der Waals surface area contributed by atoms with Crippen molar-refractivity contribution in [3.8, 4) is 5.69 Å². The van der Waals surface area contributed by atoms with Crippen LogP contribution in [-0.4, -0.2) is 56.8 Å². The molecule has 198 valence electrons. The molecule has 0 spiro atoms. The standard InChI is InChI=1S/C27H33Cl2N5O3/c1-7-17-10-9-11-18(8-2)21(17)34-24-19(14-20(28)22(29)30-24)23(31-25(34)35)33-13-12-32(15-16(33)3)26(36)37-27(4,5)6/h9-11,14,16H,7-8,12-13,15H2,1-6H3/t16-/m0/s1. The number of carbonyl (C=O) groups is 1. The van der Waals surface area contributed by atoms with Gasteiger partial charge >= 0.3 is 11.8 Å². The van der Waals surface area contributed by atoms with Gasteiger partial charge in [-0.05, 0) is 57.7 Å². The molecule has 3 heterocycles. The fraction of sp³-hybridized carbons (Fsp3) is 0.481. The van der Waals surface area contributed by atoms with Crippen LogP contribution in [0.2, 0.25) is 10.2 Å². The molecule has 0 radical (unpaired) electrons. The van der Waals surface area contributed by atoms with Crippen LogP contribution in [0, 0.1) is 0 Å². The summed E-state index contributed by atoms with van der Waals surface area (Å²) in [6.07, 6.45) is 1.13. The van der Waals surface area contributed by atoms with Crippen LogP contribution >= 0.6 is 23.2 Å². The van der Waals surface area contributed by atoms with E-state index in [1.54, 1.807) is 15.5 Å². The smallest absolute Gasteiger partial charge is 0.410 e. The van der Waals surface area contributed by atoms with Gasteiger partial charge in [0.05, 0.1) is 16.1 Å². The van der Waals surface area contributed by atoms with Gasteiger partial charge in [0.2, 0.25) is 0 Å². The van der Waals surface area contributed by atoms with Gasteiger partial charge in [0.1, 0.15) is 16.6 Å². The molecule has 3 aromatic rings. The molecular formula is C27H33Cl2N5O3. The molecule has 1 aromatic carbocycles. The van der Waals surface area contributed by atoms with E-state index in [9.17, 15) is 9.59 Å². The summed E-state index contributed by atoms with van der Waals surface area (Å²) < 4.78 is 7.11. The molecule has 8 nitrogen and oxygen atoms in total. The predicted molar refractivity (Wildman–Crippen MR) is 149 cm³/mol. The summed E-state index contributed by atoms with van der Waals surface area (Å²) in [5.74, 6) is 0.477. The zero-order valence-corrected chi connectivity index (χ0v) is 23.7. The van der Waals surface area contributed by atoms with Crippen molar-refractivity contribution >= 4 is 46.1 Å². The normalized spacial score (nSPS) is 16.4.